The standard InChI is InChI=1S/C45H81N3O14/c1-19-33-45(12)38(61-42(62-45)47(15)16)28(6)48(17)23-24(2)21-43(10,52)37(60-41-36(56-30(8)49)32(46(13)14)20-25(3)54-41)26(4)35(27(5)40(51)58-33)59-34-22-44(11,53-18)39(29(7)55-34)57-31(9)50/h24-29,32-39,41-42,52H,19-23H2,1-18H3/t24-,25-,26+,27-,28-,29+,32+,33-,34+,35+,36-,37-,38+,39+,41+,42?,43-,44-,45-/m1/s1. The lowest BCUT2D eigenvalue weighted by atomic mass is 9.77. The molecule has 17 heteroatoms. The molecule has 0 aromatic rings. The molecular weight excluding hydrogens is 807 g/mol. The lowest BCUT2D eigenvalue weighted by Gasteiger charge is -2.49. The number of likely N-dealkylation sites (N-methyl/N-ethyl adjacent to an activating group) is 2. The Hall–Kier alpha value is -2.03. The monoisotopic (exact) mass is 888 g/mol. The molecule has 0 spiro atoms. The molecule has 360 valence electrons. The van der Waals surface area contributed by atoms with Crippen LogP contribution in [0.1, 0.15) is 109 Å². The number of nitrogens with zero attached hydrogens (tertiary/aromatic N) is 3. The highest BCUT2D eigenvalue weighted by Crippen LogP contribution is 2.43. The fraction of sp³-hybridized carbons (Fsp3) is 0.933. The predicted molar refractivity (Wildman–Crippen MR) is 228 cm³/mol. The summed E-state index contributed by atoms with van der Waals surface area (Å²) in [5, 5.41) is 12.9. The maximum Gasteiger partial charge on any atom is 0.311 e. The van der Waals surface area contributed by atoms with Gasteiger partial charge in [0.1, 0.15) is 23.4 Å². The molecule has 4 fully saturated rings. The highest BCUT2D eigenvalue weighted by atomic mass is 16.8. The van der Waals surface area contributed by atoms with Gasteiger partial charge in [-0.3, -0.25) is 19.3 Å². The van der Waals surface area contributed by atoms with Gasteiger partial charge in [-0.25, -0.2) is 0 Å². The zero-order chi connectivity index (χ0) is 46.8. The van der Waals surface area contributed by atoms with Crippen molar-refractivity contribution in [3.05, 3.63) is 0 Å². The molecule has 4 aliphatic rings. The van der Waals surface area contributed by atoms with Gasteiger partial charge in [-0.05, 0) is 109 Å². The second kappa shape index (κ2) is 21.1. The van der Waals surface area contributed by atoms with Gasteiger partial charge < -0.3 is 62.3 Å². The summed E-state index contributed by atoms with van der Waals surface area (Å²) in [5.41, 5.74) is -3.64. The minimum absolute atomic E-state index is 0.0936. The zero-order valence-corrected chi connectivity index (χ0v) is 40.9. The summed E-state index contributed by atoms with van der Waals surface area (Å²) >= 11 is 0. The van der Waals surface area contributed by atoms with Crippen molar-refractivity contribution in [2.45, 2.75) is 205 Å². The van der Waals surface area contributed by atoms with E-state index >= 15 is 0 Å². The normalized spacial score (nSPS) is 45.5. The first kappa shape index (κ1) is 52.6. The number of methoxy groups -OCH3 is 1. The van der Waals surface area contributed by atoms with Gasteiger partial charge in [-0.15, -0.1) is 0 Å². The number of fused-ring (bicyclic) bond motifs is 1. The number of rotatable bonds is 10. The van der Waals surface area contributed by atoms with Gasteiger partial charge >= 0.3 is 17.9 Å². The molecule has 4 rings (SSSR count). The fourth-order valence-corrected chi connectivity index (χ4v) is 10.4. The summed E-state index contributed by atoms with van der Waals surface area (Å²) in [5.74, 6) is -3.36. The van der Waals surface area contributed by atoms with E-state index < -0.39 is 108 Å². The summed E-state index contributed by atoms with van der Waals surface area (Å²) in [6, 6.07) is -0.460. The van der Waals surface area contributed by atoms with Gasteiger partial charge in [0.2, 0.25) is 6.41 Å². The Labute approximate surface area is 370 Å². The second-order valence-corrected chi connectivity index (χ2v) is 19.8. The van der Waals surface area contributed by atoms with Crippen LogP contribution in [0, 0.1) is 17.8 Å². The van der Waals surface area contributed by atoms with Crippen LogP contribution in [0.4, 0.5) is 0 Å². The van der Waals surface area contributed by atoms with E-state index in [4.69, 9.17) is 47.4 Å². The first-order valence-corrected chi connectivity index (χ1v) is 22.5. The number of hydrogen-bond donors (Lipinski definition) is 1. The molecule has 62 heavy (non-hydrogen) atoms. The van der Waals surface area contributed by atoms with Crippen molar-refractivity contribution in [2.24, 2.45) is 17.8 Å². The van der Waals surface area contributed by atoms with Crippen molar-refractivity contribution in [3.8, 4) is 0 Å². The maximum absolute atomic E-state index is 14.8. The van der Waals surface area contributed by atoms with Crippen molar-refractivity contribution in [3.63, 3.8) is 0 Å². The topological polar surface area (TPSA) is 173 Å². The number of ether oxygens (including phenoxy) is 10. The summed E-state index contributed by atoms with van der Waals surface area (Å²) in [6.45, 7) is 22.2. The van der Waals surface area contributed by atoms with Crippen LogP contribution in [0.25, 0.3) is 0 Å². The smallest absolute Gasteiger partial charge is 0.311 e. The number of aliphatic hydroxyl groups is 1. The summed E-state index contributed by atoms with van der Waals surface area (Å²) in [4.78, 5) is 45.7. The van der Waals surface area contributed by atoms with Crippen molar-refractivity contribution >= 4 is 17.9 Å². The highest BCUT2D eigenvalue weighted by Gasteiger charge is 2.58. The third-order valence-electron chi connectivity index (χ3n) is 13.7. The third kappa shape index (κ3) is 11.9. The van der Waals surface area contributed by atoms with Gasteiger partial charge in [-0.2, -0.15) is 0 Å². The fourth-order valence-electron chi connectivity index (χ4n) is 10.4. The van der Waals surface area contributed by atoms with E-state index in [0.29, 0.717) is 19.4 Å². The summed E-state index contributed by atoms with van der Waals surface area (Å²) in [6.07, 6.45) is -7.17. The summed E-state index contributed by atoms with van der Waals surface area (Å²) < 4.78 is 64.3. The summed E-state index contributed by atoms with van der Waals surface area (Å²) in [7, 11) is 11.1. The molecule has 0 bridgehead atoms. The quantitative estimate of drug-likeness (QED) is 0.247. The molecule has 17 nitrogen and oxygen atoms in total. The molecule has 0 aromatic heterocycles. The number of esters is 3. The van der Waals surface area contributed by atoms with Crippen LogP contribution in [0.2, 0.25) is 0 Å². The molecular formula is C45H81N3O14. The van der Waals surface area contributed by atoms with Crippen molar-refractivity contribution in [1.82, 2.24) is 14.7 Å². The minimum atomic E-state index is -1.57. The van der Waals surface area contributed by atoms with Crippen LogP contribution in [0.15, 0.2) is 0 Å². The van der Waals surface area contributed by atoms with Gasteiger partial charge in [0.25, 0.3) is 0 Å². The molecule has 0 aliphatic carbocycles. The van der Waals surface area contributed by atoms with Gasteiger partial charge in [0.05, 0.1) is 42.0 Å². The van der Waals surface area contributed by atoms with Crippen LogP contribution in [0.3, 0.4) is 0 Å². The minimum Gasteiger partial charge on any atom is -0.459 e. The maximum atomic E-state index is 14.8. The Balaban J connectivity index is 1.88. The highest BCUT2D eigenvalue weighted by molar-refractivity contribution is 5.73. The molecule has 4 aliphatic heterocycles. The van der Waals surface area contributed by atoms with Gasteiger partial charge in [0, 0.05) is 45.9 Å². The number of carbonyl (C=O) groups is 3. The van der Waals surface area contributed by atoms with E-state index in [1.165, 1.54) is 13.8 Å². The number of cyclic esters (lactones) is 1. The van der Waals surface area contributed by atoms with E-state index in [1.807, 2.05) is 79.7 Å². The average Bonchev–Trinajstić information content (AvgIpc) is 3.53. The van der Waals surface area contributed by atoms with Crippen LogP contribution < -0.4 is 0 Å². The Morgan fingerprint density at radius 2 is 1.50 bits per heavy atom. The Bertz CT molecular complexity index is 1500. The van der Waals surface area contributed by atoms with E-state index in [2.05, 4.69) is 18.7 Å². The number of hydrogen-bond acceptors (Lipinski definition) is 17. The van der Waals surface area contributed by atoms with E-state index in [-0.39, 0.29) is 36.9 Å². The van der Waals surface area contributed by atoms with Gasteiger partial charge in [-0.1, -0.05) is 20.8 Å². The Kier molecular flexibility index (Phi) is 17.9. The Morgan fingerprint density at radius 1 is 0.871 bits per heavy atom. The van der Waals surface area contributed by atoms with Crippen molar-refractivity contribution in [2.75, 3.05) is 48.9 Å². The first-order valence-electron chi connectivity index (χ1n) is 22.5. The second-order valence-electron chi connectivity index (χ2n) is 19.8. The van der Waals surface area contributed by atoms with Crippen molar-refractivity contribution in [1.29, 1.82) is 0 Å². The lowest BCUT2D eigenvalue weighted by Crippen LogP contribution is -2.61. The largest absolute Gasteiger partial charge is 0.459 e. The lowest BCUT2D eigenvalue weighted by molar-refractivity contribution is -0.319. The molecule has 1 unspecified atom stereocenters. The van der Waals surface area contributed by atoms with E-state index in [1.54, 1.807) is 27.9 Å². The Morgan fingerprint density at radius 3 is 2.05 bits per heavy atom. The predicted octanol–water partition coefficient (Wildman–Crippen LogP) is 3.95. The molecule has 4 saturated heterocycles. The SMILES string of the molecule is CC[C@H]1OC(=O)[C@H](C)[C@@H](O[C@H]2C[C@@](C)(OC)[C@@H](OC(C)=O)[C@H](C)O2)[C@H](C)[C@@H](O[C@@H]2O[C@H](C)C[C@H](N(C)C)[C@H]2OC(C)=O)[C@](C)(O)C[C@@H](C)CN(C)[C@H](C)[C@@H]2OC(N(C)C)O[C@]12C. The van der Waals surface area contributed by atoms with E-state index in [9.17, 15) is 19.5 Å². The van der Waals surface area contributed by atoms with Gasteiger partial charge in [0.15, 0.2) is 24.8 Å². The van der Waals surface area contributed by atoms with Crippen LogP contribution >= 0.6 is 0 Å². The molecule has 19 atom stereocenters. The van der Waals surface area contributed by atoms with Crippen LogP contribution in [-0.2, 0) is 61.8 Å². The molecule has 1 N–H and O–H groups in total. The van der Waals surface area contributed by atoms with Crippen LogP contribution in [0.5, 0.6) is 0 Å². The van der Waals surface area contributed by atoms with E-state index in [0.717, 1.165) is 0 Å². The molecule has 0 amide bonds. The molecule has 0 radical (unpaired) electrons. The third-order valence-corrected chi connectivity index (χ3v) is 13.7. The first-order chi connectivity index (χ1) is 28.7. The zero-order valence-electron chi connectivity index (χ0n) is 40.9. The number of carbonyl (C=O) groups excluding carboxylic acids is 3. The molecule has 0 aromatic carbocycles. The van der Waals surface area contributed by atoms with Crippen molar-refractivity contribution < 1.29 is 66.9 Å². The van der Waals surface area contributed by atoms with Crippen LogP contribution in [-0.4, -0.2) is 183 Å². The molecule has 0 saturated carbocycles. The average molecular weight is 888 g/mol. The molecule has 4 heterocycles.